The number of amides is 1. The van der Waals surface area contributed by atoms with Gasteiger partial charge in [0.25, 0.3) is 0 Å². The summed E-state index contributed by atoms with van der Waals surface area (Å²) in [6, 6.07) is 10.9. The molecule has 3 aliphatic rings. The molecular weight excluding hydrogens is 521 g/mol. The van der Waals surface area contributed by atoms with Gasteiger partial charge in [0.15, 0.2) is 5.96 Å². The lowest BCUT2D eigenvalue weighted by Gasteiger charge is -2.36. The number of hydrogen-bond acceptors (Lipinski definition) is 5. The van der Waals surface area contributed by atoms with Crippen LogP contribution in [0.1, 0.15) is 18.4 Å². The number of nitrogens with one attached hydrogen (secondary N) is 1. The predicted molar refractivity (Wildman–Crippen MR) is 135 cm³/mol. The second-order valence-electron chi connectivity index (χ2n) is 8.78. The number of carbonyl (C=O) groups is 1. The molecule has 4 rings (SSSR count). The fourth-order valence-corrected chi connectivity index (χ4v) is 4.51. The minimum atomic E-state index is -0.00464. The molecule has 1 N–H and O–H groups in total. The zero-order valence-electron chi connectivity index (χ0n) is 19.1. The van der Waals surface area contributed by atoms with E-state index in [0.29, 0.717) is 6.04 Å². The summed E-state index contributed by atoms with van der Waals surface area (Å²) in [6.07, 6.45) is 2.53. The molecule has 3 atom stereocenters. The Bertz CT molecular complexity index is 757. The van der Waals surface area contributed by atoms with Gasteiger partial charge in [0.1, 0.15) is 6.54 Å². The molecule has 3 fully saturated rings. The average molecular weight is 557 g/mol. The number of halogens is 1. The largest absolute Gasteiger partial charge is 0.376 e. The van der Waals surface area contributed by atoms with E-state index in [1.807, 2.05) is 0 Å². The number of morpholine rings is 1. The molecule has 178 valence electrons. The minimum absolute atomic E-state index is 0. The number of hydrogen-bond donors (Lipinski definition) is 1. The van der Waals surface area contributed by atoms with Gasteiger partial charge in [-0.05, 0) is 18.4 Å². The van der Waals surface area contributed by atoms with E-state index in [4.69, 9.17) is 9.47 Å². The van der Waals surface area contributed by atoms with Crippen LogP contribution in [0, 0.1) is 0 Å². The van der Waals surface area contributed by atoms with Crippen molar-refractivity contribution in [1.82, 2.24) is 20.0 Å². The van der Waals surface area contributed by atoms with Crippen LogP contribution in [0.2, 0.25) is 0 Å². The van der Waals surface area contributed by atoms with Crippen LogP contribution in [0.4, 0.5) is 0 Å². The predicted octanol–water partition coefficient (Wildman–Crippen LogP) is 1.40. The summed E-state index contributed by atoms with van der Waals surface area (Å²) in [6.45, 7) is 5.91. The van der Waals surface area contributed by atoms with Crippen molar-refractivity contribution >= 4 is 35.8 Å². The molecule has 0 saturated carbocycles. The van der Waals surface area contributed by atoms with Gasteiger partial charge in [0.05, 0.1) is 24.9 Å². The van der Waals surface area contributed by atoms with E-state index in [1.165, 1.54) is 5.56 Å². The van der Waals surface area contributed by atoms with Gasteiger partial charge in [-0.1, -0.05) is 30.3 Å². The molecule has 0 radical (unpaired) electrons. The van der Waals surface area contributed by atoms with Crippen LogP contribution in [0.5, 0.6) is 0 Å². The van der Waals surface area contributed by atoms with Gasteiger partial charge in [0.2, 0.25) is 5.91 Å². The number of aliphatic imine (C=N–C) groups is 1. The number of guanidine groups is 1. The quantitative estimate of drug-likeness (QED) is 0.324. The first kappa shape index (κ1) is 25.2. The number of ether oxygens (including phenoxy) is 2. The highest BCUT2D eigenvalue weighted by atomic mass is 127. The van der Waals surface area contributed by atoms with Crippen molar-refractivity contribution in [3.8, 4) is 0 Å². The summed E-state index contributed by atoms with van der Waals surface area (Å²) >= 11 is 0. The van der Waals surface area contributed by atoms with E-state index >= 15 is 0 Å². The van der Waals surface area contributed by atoms with E-state index in [0.717, 1.165) is 64.7 Å². The van der Waals surface area contributed by atoms with Crippen molar-refractivity contribution < 1.29 is 14.3 Å². The smallest absolute Gasteiger partial charge is 0.243 e. The van der Waals surface area contributed by atoms with E-state index < -0.39 is 0 Å². The SMILES string of the molecule is CN(C)C(=O)CN=C(NCC1CCCO1)N1CC2OCCN(Cc3ccccc3)C2C1.I. The van der Waals surface area contributed by atoms with Crippen LogP contribution in [0.3, 0.4) is 0 Å². The lowest BCUT2D eigenvalue weighted by molar-refractivity contribution is -0.127. The lowest BCUT2D eigenvalue weighted by atomic mass is 10.1. The fourth-order valence-electron chi connectivity index (χ4n) is 4.51. The average Bonchev–Trinajstić information content (AvgIpc) is 3.44. The number of fused-ring (bicyclic) bond motifs is 1. The van der Waals surface area contributed by atoms with Gasteiger partial charge in [-0.15, -0.1) is 24.0 Å². The molecular formula is C23H36IN5O3. The van der Waals surface area contributed by atoms with Gasteiger partial charge < -0.3 is 24.6 Å². The summed E-state index contributed by atoms with van der Waals surface area (Å²) in [7, 11) is 3.52. The molecule has 9 heteroatoms. The molecule has 0 bridgehead atoms. The Hall–Kier alpha value is -1.43. The summed E-state index contributed by atoms with van der Waals surface area (Å²) in [5.74, 6) is 0.776. The van der Waals surface area contributed by atoms with Crippen molar-refractivity contribution in [2.45, 2.75) is 37.6 Å². The van der Waals surface area contributed by atoms with Crippen LogP contribution in [-0.4, -0.2) is 105 Å². The Kier molecular flexibility index (Phi) is 9.57. The van der Waals surface area contributed by atoms with Crippen molar-refractivity contribution in [3.05, 3.63) is 35.9 Å². The lowest BCUT2D eigenvalue weighted by Crippen LogP contribution is -2.50. The zero-order valence-corrected chi connectivity index (χ0v) is 21.4. The van der Waals surface area contributed by atoms with E-state index in [2.05, 4.69) is 50.4 Å². The van der Waals surface area contributed by atoms with Crippen LogP contribution >= 0.6 is 24.0 Å². The molecule has 3 saturated heterocycles. The molecule has 0 spiro atoms. The van der Waals surface area contributed by atoms with Crippen molar-refractivity contribution in [2.75, 3.05) is 60.0 Å². The van der Waals surface area contributed by atoms with Gasteiger partial charge >= 0.3 is 0 Å². The maximum atomic E-state index is 12.1. The van der Waals surface area contributed by atoms with Gasteiger partial charge in [0, 0.05) is 53.4 Å². The Balaban J connectivity index is 0.00000289. The number of likely N-dealkylation sites (N-methyl/N-ethyl adjacent to an activating group) is 1. The summed E-state index contributed by atoms with van der Waals surface area (Å²) in [5, 5.41) is 3.48. The molecule has 1 aromatic carbocycles. The number of rotatable bonds is 6. The number of benzene rings is 1. The molecule has 32 heavy (non-hydrogen) atoms. The Labute approximate surface area is 208 Å². The van der Waals surface area contributed by atoms with Crippen LogP contribution in [0.15, 0.2) is 35.3 Å². The highest BCUT2D eigenvalue weighted by Crippen LogP contribution is 2.25. The van der Waals surface area contributed by atoms with Gasteiger partial charge in [-0.3, -0.25) is 9.69 Å². The highest BCUT2D eigenvalue weighted by Gasteiger charge is 2.41. The normalized spacial score (nSPS) is 25.9. The fraction of sp³-hybridized carbons (Fsp3) is 0.652. The second kappa shape index (κ2) is 12.2. The van der Waals surface area contributed by atoms with Crippen molar-refractivity contribution in [1.29, 1.82) is 0 Å². The van der Waals surface area contributed by atoms with Crippen LogP contribution in [0.25, 0.3) is 0 Å². The van der Waals surface area contributed by atoms with Crippen LogP contribution < -0.4 is 5.32 Å². The summed E-state index contributed by atoms with van der Waals surface area (Å²) < 4.78 is 11.9. The second-order valence-corrected chi connectivity index (χ2v) is 8.78. The molecule has 3 aliphatic heterocycles. The molecule has 0 aliphatic carbocycles. The van der Waals surface area contributed by atoms with Crippen molar-refractivity contribution in [2.24, 2.45) is 4.99 Å². The first-order valence-corrected chi connectivity index (χ1v) is 11.3. The maximum Gasteiger partial charge on any atom is 0.243 e. The Morgan fingerprint density at radius 3 is 2.72 bits per heavy atom. The van der Waals surface area contributed by atoms with Crippen LogP contribution in [-0.2, 0) is 20.8 Å². The number of nitrogens with zero attached hydrogens (tertiary/aromatic N) is 4. The zero-order chi connectivity index (χ0) is 21.6. The highest BCUT2D eigenvalue weighted by molar-refractivity contribution is 14.0. The first-order valence-electron chi connectivity index (χ1n) is 11.3. The number of carbonyl (C=O) groups excluding carboxylic acids is 1. The third kappa shape index (κ3) is 6.55. The Morgan fingerprint density at radius 1 is 1.19 bits per heavy atom. The van der Waals surface area contributed by atoms with E-state index in [9.17, 15) is 4.79 Å². The molecule has 1 amide bonds. The monoisotopic (exact) mass is 557 g/mol. The Morgan fingerprint density at radius 2 is 2.00 bits per heavy atom. The first-order chi connectivity index (χ1) is 15.1. The van der Waals surface area contributed by atoms with Gasteiger partial charge in [-0.25, -0.2) is 4.99 Å². The summed E-state index contributed by atoms with van der Waals surface area (Å²) in [4.78, 5) is 23.2. The molecule has 1 aromatic rings. The molecule has 0 aromatic heterocycles. The van der Waals surface area contributed by atoms with E-state index in [1.54, 1.807) is 19.0 Å². The topological polar surface area (TPSA) is 69.6 Å². The molecule has 3 heterocycles. The maximum absolute atomic E-state index is 12.1. The molecule has 3 unspecified atom stereocenters. The van der Waals surface area contributed by atoms with E-state index in [-0.39, 0.29) is 48.6 Å². The standard InChI is InChI=1S/C23H35N5O3.HI/c1-26(2)22(29)14-25-23(24-13-19-9-6-11-30-19)28-16-20-21(17-28)31-12-10-27(20)15-18-7-4-3-5-8-18;/h3-5,7-8,19-21H,6,9-17H2,1-2H3,(H,24,25);1H. The molecule has 8 nitrogen and oxygen atoms in total. The number of likely N-dealkylation sites (tertiary alicyclic amines) is 1. The minimum Gasteiger partial charge on any atom is -0.376 e. The van der Waals surface area contributed by atoms with Gasteiger partial charge in [-0.2, -0.15) is 0 Å². The summed E-state index contributed by atoms with van der Waals surface area (Å²) in [5.41, 5.74) is 1.32. The van der Waals surface area contributed by atoms with Crippen molar-refractivity contribution in [3.63, 3.8) is 0 Å². The third-order valence-corrected chi connectivity index (χ3v) is 6.32. The third-order valence-electron chi connectivity index (χ3n) is 6.32.